The smallest absolute Gasteiger partial charge is 0.251 e. The van der Waals surface area contributed by atoms with Gasteiger partial charge in [0.25, 0.3) is 5.91 Å². The molecule has 0 aliphatic heterocycles. The van der Waals surface area contributed by atoms with Crippen LogP contribution in [-0.4, -0.2) is 26.2 Å². The number of aromatic nitrogens is 3. The molecular formula is C22H25ClN4O. The summed E-state index contributed by atoms with van der Waals surface area (Å²) in [5, 5.41) is 12.0. The highest BCUT2D eigenvalue weighted by molar-refractivity contribution is 6.30. The van der Waals surface area contributed by atoms with Crippen LogP contribution in [0.4, 0.5) is 0 Å². The molecule has 6 heteroatoms. The number of rotatable bonds is 4. The summed E-state index contributed by atoms with van der Waals surface area (Å²) in [6.07, 6.45) is 1.68. The van der Waals surface area contributed by atoms with Gasteiger partial charge < -0.3 is 5.32 Å². The highest BCUT2D eigenvalue weighted by Crippen LogP contribution is 2.27. The first-order valence-electron chi connectivity index (χ1n) is 9.28. The van der Waals surface area contributed by atoms with Gasteiger partial charge in [0.05, 0.1) is 0 Å². The van der Waals surface area contributed by atoms with Crippen molar-refractivity contribution >= 4 is 17.5 Å². The molecular weight excluding hydrogens is 372 g/mol. The van der Waals surface area contributed by atoms with Crippen molar-refractivity contribution in [3.05, 3.63) is 65.2 Å². The molecule has 0 radical (unpaired) electrons. The summed E-state index contributed by atoms with van der Waals surface area (Å²) in [7, 11) is 0. The van der Waals surface area contributed by atoms with Crippen LogP contribution in [-0.2, 0) is 0 Å². The maximum absolute atomic E-state index is 12.9. The molecule has 1 amide bonds. The number of carbonyl (C=O) groups excluding carboxylic acids is 1. The zero-order valence-electron chi connectivity index (χ0n) is 16.8. The van der Waals surface area contributed by atoms with Crippen LogP contribution in [0.15, 0.2) is 48.8 Å². The van der Waals surface area contributed by atoms with Crippen molar-refractivity contribution in [2.45, 2.75) is 46.1 Å². The molecule has 0 spiro atoms. The van der Waals surface area contributed by atoms with Crippen LogP contribution in [0.25, 0.3) is 16.8 Å². The molecule has 0 aliphatic rings. The predicted octanol–water partition coefficient (Wildman–Crippen LogP) is 5.24. The first-order valence-corrected chi connectivity index (χ1v) is 9.66. The van der Waals surface area contributed by atoms with Gasteiger partial charge in [0.1, 0.15) is 12.2 Å². The molecule has 0 bridgehead atoms. The van der Waals surface area contributed by atoms with Gasteiger partial charge in [-0.05, 0) is 62.2 Å². The molecule has 146 valence electrons. The zero-order valence-corrected chi connectivity index (χ0v) is 17.6. The third-order valence-electron chi connectivity index (χ3n) is 4.21. The minimum absolute atomic E-state index is 0.122. The van der Waals surface area contributed by atoms with Crippen LogP contribution in [0.1, 0.15) is 56.7 Å². The Hall–Kier alpha value is -2.66. The van der Waals surface area contributed by atoms with Crippen molar-refractivity contribution < 1.29 is 4.79 Å². The fourth-order valence-corrected chi connectivity index (χ4v) is 3.07. The fourth-order valence-electron chi connectivity index (χ4n) is 2.94. The number of amides is 1. The Bertz CT molecular complexity index is 985. The molecule has 3 aromatic rings. The molecule has 1 aromatic heterocycles. The van der Waals surface area contributed by atoms with Gasteiger partial charge in [-0.2, -0.15) is 0 Å². The SMILES string of the molecule is CC(C)c1nncn1-c1cc(C(=O)NC(C)(C)C)cc(-c2ccc(Cl)cc2)c1. The van der Waals surface area contributed by atoms with Crippen molar-refractivity contribution in [3.63, 3.8) is 0 Å². The molecule has 0 aliphatic carbocycles. The molecule has 1 N–H and O–H groups in total. The average molecular weight is 397 g/mol. The summed E-state index contributed by atoms with van der Waals surface area (Å²) in [5.74, 6) is 0.924. The number of hydrogen-bond donors (Lipinski definition) is 1. The molecule has 0 atom stereocenters. The number of nitrogens with one attached hydrogen (secondary N) is 1. The number of hydrogen-bond acceptors (Lipinski definition) is 3. The summed E-state index contributed by atoms with van der Waals surface area (Å²) >= 11 is 6.04. The summed E-state index contributed by atoms with van der Waals surface area (Å²) in [4.78, 5) is 12.9. The maximum atomic E-state index is 12.9. The fraction of sp³-hybridized carbons (Fsp3) is 0.318. The topological polar surface area (TPSA) is 59.8 Å². The van der Waals surface area contributed by atoms with Crippen LogP contribution in [0.2, 0.25) is 5.02 Å². The van der Waals surface area contributed by atoms with E-state index in [4.69, 9.17) is 11.6 Å². The van der Waals surface area contributed by atoms with E-state index in [1.807, 2.05) is 67.8 Å². The van der Waals surface area contributed by atoms with E-state index >= 15 is 0 Å². The normalized spacial score (nSPS) is 11.7. The van der Waals surface area contributed by atoms with Crippen molar-refractivity contribution in [1.29, 1.82) is 0 Å². The Morgan fingerprint density at radius 1 is 1.07 bits per heavy atom. The van der Waals surface area contributed by atoms with Crippen molar-refractivity contribution in [2.24, 2.45) is 0 Å². The van der Waals surface area contributed by atoms with Gasteiger partial charge in [0.15, 0.2) is 0 Å². The second-order valence-electron chi connectivity index (χ2n) is 8.19. The van der Waals surface area contributed by atoms with Crippen LogP contribution in [0.3, 0.4) is 0 Å². The van der Waals surface area contributed by atoms with E-state index in [2.05, 4.69) is 29.4 Å². The largest absolute Gasteiger partial charge is 0.347 e. The quantitative estimate of drug-likeness (QED) is 0.656. The average Bonchev–Trinajstić information content (AvgIpc) is 3.10. The zero-order chi connectivity index (χ0) is 20.5. The van der Waals surface area contributed by atoms with Gasteiger partial charge in [-0.15, -0.1) is 10.2 Å². The number of benzene rings is 2. The summed E-state index contributed by atoms with van der Waals surface area (Å²) in [5.41, 5.74) is 3.01. The van der Waals surface area contributed by atoms with E-state index in [1.165, 1.54) is 0 Å². The third-order valence-corrected chi connectivity index (χ3v) is 4.47. The molecule has 3 rings (SSSR count). The first kappa shape index (κ1) is 20.1. The Labute approximate surface area is 170 Å². The molecule has 0 saturated carbocycles. The standard InChI is InChI=1S/C22H25ClN4O/c1-14(2)20-26-24-13-27(20)19-11-16(15-6-8-18(23)9-7-15)10-17(12-19)21(28)25-22(3,4)5/h6-14H,1-5H3,(H,25,28). The van der Waals surface area contributed by atoms with Crippen LogP contribution >= 0.6 is 11.6 Å². The Kier molecular flexibility index (Phi) is 5.57. The van der Waals surface area contributed by atoms with E-state index < -0.39 is 0 Å². The lowest BCUT2D eigenvalue weighted by Gasteiger charge is -2.21. The van der Waals surface area contributed by atoms with E-state index in [0.717, 1.165) is 22.6 Å². The van der Waals surface area contributed by atoms with E-state index in [9.17, 15) is 4.79 Å². The van der Waals surface area contributed by atoms with Gasteiger partial charge in [-0.1, -0.05) is 37.6 Å². The van der Waals surface area contributed by atoms with Crippen LogP contribution in [0, 0.1) is 0 Å². The summed E-state index contributed by atoms with van der Waals surface area (Å²) < 4.78 is 1.93. The number of nitrogens with zero attached hydrogens (tertiary/aromatic N) is 3. The predicted molar refractivity (Wildman–Crippen MR) is 113 cm³/mol. The molecule has 1 heterocycles. The minimum atomic E-state index is -0.326. The van der Waals surface area contributed by atoms with Crippen molar-refractivity contribution in [1.82, 2.24) is 20.1 Å². The van der Waals surface area contributed by atoms with Gasteiger partial charge in [0.2, 0.25) is 0 Å². The number of carbonyl (C=O) groups is 1. The summed E-state index contributed by atoms with van der Waals surface area (Å²) in [6, 6.07) is 13.4. The second-order valence-corrected chi connectivity index (χ2v) is 8.63. The van der Waals surface area contributed by atoms with Gasteiger partial charge in [0, 0.05) is 27.7 Å². The lowest BCUT2D eigenvalue weighted by Crippen LogP contribution is -2.40. The highest BCUT2D eigenvalue weighted by Gasteiger charge is 2.18. The van der Waals surface area contributed by atoms with E-state index in [1.54, 1.807) is 6.33 Å². The molecule has 0 unspecified atom stereocenters. The molecule has 5 nitrogen and oxygen atoms in total. The van der Waals surface area contributed by atoms with Crippen LogP contribution in [0.5, 0.6) is 0 Å². The van der Waals surface area contributed by atoms with Gasteiger partial charge in [-0.25, -0.2) is 0 Å². The van der Waals surface area contributed by atoms with Crippen LogP contribution < -0.4 is 5.32 Å². The van der Waals surface area contributed by atoms with E-state index in [0.29, 0.717) is 10.6 Å². The molecule has 0 fully saturated rings. The Morgan fingerprint density at radius 2 is 1.75 bits per heavy atom. The molecule has 28 heavy (non-hydrogen) atoms. The second kappa shape index (κ2) is 7.76. The minimum Gasteiger partial charge on any atom is -0.347 e. The highest BCUT2D eigenvalue weighted by atomic mass is 35.5. The van der Waals surface area contributed by atoms with Gasteiger partial charge in [-0.3, -0.25) is 9.36 Å². The van der Waals surface area contributed by atoms with E-state index in [-0.39, 0.29) is 17.4 Å². The maximum Gasteiger partial charge on any atom is 0.251 e. The number of halogens is 1. The molecule has 0 saturated heterocycles. The molecule has 2 aromatic carbocycles. The lowest BCUT2D eigenvalue weighted by atomic mass is 10.0. The lowest BCUT2D eigenvalue weighted by molar-refractivity contribution is 0.0919. The van der Waals surface area contributed by atoms with Crippen molar-refractivity contribution in [2.75, 3.05) is 0 Å². The Morgan fingerprint density at radius 3 is 2.36 bits per heavy atom. The Balaban J connectivity index is 2.15. The first-order chi connectivity index (χ1) is 13.1. The van der Waals surface area contributed by atoms with Crippen molar-refractivity contribution in [3.8, 4) is 16.8 Å². The van der Waals surface area contributed by atoms with Gasteiger partial charge >= 0.3 is 0 Å². The monoisotopic (exact) mass is 396 g/mol. The summed E-state index contributed by atoms with van der Waals surface area (Å²) in [6.45, 7) is 10.0. The third kappa shape index (κ3) is 4.60.